The van der Waals surface area contributed by atoms with E-state index in [9.17, 15) is 0 Å². The molecule has 0 unspecified atom stereocenters. The lowest BCUT2D eigenvalue weighted by Gasteiger charge is -2.22. The van der Waals surface area contributed by atoms with Crippen LogP contribution in [0.2, 0.25) is 5.02 Å². The fraction of sp³-hybridized carbons (Fsp3) is 0.455. The maximum atomic E-state index is 6.18. The smallest absolute Gasteiger partial charge is 0.127 e. The third kappa shape index (κ3) is 5.76. The van der Waals surface area contributed by atoms with Crippen molar-refractivity contribution in [3.8, 4) is 16.9 Å². The summed E-state index contributed by atoms with van der Waals surface area (Å²) in [6.45, 7) is 1.84. The minimum Gasteiger partial charge on any atom is -0.493 e. The maximum absolute atomic E-state index is 6.18. The summed E-state index contributed by atoms with van der Waals surface area (Å²) in [4.78, 5) is 0. The van der Waals surface area contributed by atoms with Gasteiger partial charge in [0.15, 0.2) is 0 Å². The van der Waals surface area contributed by atoms with Gasteiger partial charge in [0.1, 0.15) is 5.75 Å². The minimum atomic E-state index is 0.739. The molecule has 0 aliphatic heterocycles. The predicted octanol–water partition coefficient (Wildman–Crippen LogP) is 6.09. The van der Waals surface area contributed by atoms with Gasteiger partial charge in [0.2, 0.25) is 0 Å². The quantitative estimate of drug-likeness (QED) is 0.577. The van der Waals surface area contributed by atoms with Crippen molar-refractivity contribution in [2.45, 2.75) is 51.0 Å². The minimum absolute atomic E-state index is 0.739. The number of hydrogen-bond acceptors (Lipinski definition) is 2. The lowest BCUT2D eigenvalue weighted by atomic mass is 9.95. The summed E-state index contributed by atoms with van der Waals surface area (Å²) in [6.07, 6.45) is 9.11. The number of unbranched alkanes of at least 4 members (excludes halogenated alkanes) is 1. The van der Waals surface area contributed by atoms with E-state index >= 15 is 0 Å². The van der Waals surface area contributed by atoms with Crippen LogP contribution in [0.5, 0.6) is 5.75 Å². The lowest BCUT2D eigenvalue weighted by molar-refractivity contribution is 0.302. The third-order valence-electron chi connectivity index (χ3n) is 4.89. The summed E-state index contributed by atoms with van der Waals surface area (Å²) in [5, 5.41) is 4.43. The molecule has 2 aromatic carbocycles. The second-order valence-corrected chi connectivity index (χ2v) is 7.29. The fourth-order valence-electron chi connectivity index (χ4n) is 3.49. The van der Waals surface area contributed by atoms with Crippen LogP contribution < -0.4 is 10.1 Å². The molecule has 3 rings (SSSR count). The van der Waals surface area contributed by atoms with Gasteiger partial charge in [-0.3, -0.25) is 0 Å². The van der Waals surface area contributed by atoms with Gasteiger partial charge in [-0.05, 0) is 56.0 Å². The first-order valence-corrected chi connectivity index (χ1v) is 9.92. The monoisotopic (exact) mass is 357 g/mol. The van der Waals surface area contributed by atoms with E-state index in [0.717, 1.165) is 53.9 Å². The molecule has 0 atom stereocenters. The molecule has 25 heavy (non-hydrogen) atoms. The van der Waals surface area contributed by atoms with Gasteiger partial charge < -0.3 is 10.1 Å². The van der Waals surface area contributed by atoms with Gasteiger partial charge in [0.05, 0.1) is 6.61 Å². The van der Waals surface area contributed by atoms with E-state index in [4.69, 9.17) is 16.3 Å². The summed E-state index contributed by atoms with van der Waals surface area (Å²) in [5.74, 6) is 0.913. The Morgan fingerprint density at radius 1 is 0.960 bits per heavy atom. The van der Waals surface area contributed by atoms with Gasteiger partial charge in [0.25, 0.3) is 0 Å². The van der Waals surface area contributed by atoms with Crippen LogP contribution in [0.15, 0.2) is 48.5 Å². The Morgan fingerprint density at radius 3 is 2.56 bits per heavy atom. The molecular weight excluding hydrogens is 330 g/mol. The zero-order valence-electron chi connectivity index (χ0n) is 14.8. The molecule has 1 aliphatic carbocycles. The van der Waals surface area contributed by atoms with E-state index in [2.05, 4.69) is 17.4 Å². The van der Waals surface area contributed by atoms with E-state index in [1.165, 1.54) is 32.1 Å². The van der Waals surface area contributed by atoms with Gasteiger partial charge >= 0.3 is 0 Å². The molecule has 0 bridgehead atoms. The van der Waals surface area contributed by atoms with Crippen LogP contribution in [-0.4, -0.2) is 19.2 Å². The van der Waals surface area contributed by atoms with E-state index in [-0.39, 0.29) is 0 Å². The molecule has 3 heteroatoms. The Morgan fingerprint density at radius 2 is 1.76 bits per heavy atom. The normalized spacial score (nSPS) is 15.2. The van der Waals surface area contributed by atoms with Crippen LogP contribution in [0.25, 0.3) is 11.1 Å². The summed E-state index contributed by atoms with van der Waals surface area (Å²) in [6, 6.07) is 16.9. The predicted molar refractivity (Wildman–Crippen MR) is 106 cm³/mol. The lowest BCUT2D eigenvalue weighted by Crippen LogP contribution is -2.31. The summed E-state index contributed by atoms with van der Waals surface area (Å²) >= 11 is 6.18. The van der Waals surface area contributed by atoms with Gasteiger partial charge in [-0.15, -0.1) is 0 Å². The Bertz CT molecular complexity index is 638. The van der Waals surface area contributed by atoms with E-state index in [1.807, 2.05) is 36.4 Å². The van der Waals surface area contributed by atoms with Crippen LogP contribution in [0.4, 0.5) is 0 Å². The van der Waals surface area contributed by atoms with Gasteiger partial charge in [-0.1, -0.05) is 61.2 Å². The summed E-state index contributed by atoms with van der Waals surface area (Å²) in [5.41, 5.74) is 2.20. The molecule has 1 saturated carbocycles. The number of benzene rings is 2. The topological polar surface area (TPSA) is 21.3 Å². The highest BCUT2D eigenvalue weighted by Crippen LogP contribution is 2.32. The Balaban J connectivity index is 1.45. The van der Waals surface area contributed by atoms with Gasteiger partial charge in [0, 0.05) is 16.6 Å². The molecule has 1 fully saturated rings. The molecule has 0 amide bonds. The number of ether oxygens (including phenoxy) is 1. The average molecular weight is 358 g/mol. The van der Waals surface area contributed by atoms with Crippen LogP contribution in [0, 0.1) is 0 Å². The average Bonchev–Trinajstić information content (AvgIpc) is 2.67. The second kappa shape index (κ2) is 9.84. The highest BCUT2D eigenvalue weighted by Gasteiger charge is 2.12. The van der Waals surface area contributed by atoms with Crippen LogP contribution in [0.3, 0.4) is 0 Å². The molecular formula is C22H28ClNO. The Labute approximate surface area is 156 Å². The largest absolute Gasteiger partial charge is 0.493 e. The van der Waals surface area contributed by atoms with Crippen LogP contribution in [-0.2, 0) is 0 Å². The molecule has 134 valence electrons. The first kappa shape index (κ1) is 18.3. The number of hydrogen-bond donors (Lipinski definition) is 1. The maximum Gasteiger partial charge on any atom is 0.127 e. The first-order chi connectivity index (χ1) is 12.3. The van der Waals surface area contributed by atoms with Crippen molar-refractivity contribution in [1.82, 2.24) is 5.32 Å². The molecule has 0 spiro atoms. The Hall–Kier alpha value is -1.51. The van der Waals surface area contributed by atoms with E-state index in [0.29, 0.717) is 0 Å². The van der Waals surface area contributed by atoms with Crippen LogP contribution >= 0.6 is 11.6 Å². The molecule has 0 radical (unpaired) electrons. The second-order valence-electron chi connectivity index (χ2n) is 6.85. The zero-order chi connectivity index (χ0) is 17.3. The van der Waals surface area contributed by atoms with Crippen molar-refractivity contribution >= 4 is 11.6 Å². The number of nitrogens with one attached hydrogen (secondary N) is 1. The standard InChI is InChI=1S/C22H28ClNO/c23-19-13-14-22(21(17-19)18-9-3-1-4-10-18)25-16-8-7-15-24-20-11-5-2-6-12-20/h1,3-4,9-10,13-14,17,20,24H,2,5-8,11-12,15-16H2. The van der Waals surface area contributed by atoms with Crippen molar-refractivity contribution < 1.29 is 4.74 Å². The van der Waals surface area contributed by atoms with Gasteiger partial charge in [-0.2, -0.15) is 0 Å². The molecule has 0 heterocycles. The highest BCUT2D eigenvalue weighted by molar-refractivity contribution is 6.31. The summed E-state index contributed by atoms with van der Waals surface area (Å²) < 4.78 is 6.05. The Kier molecular flexibility index (Phi) is 7.20. The fourth-order valence-corrected chi connectivity index (χ4v) is 3.67. The number of halogens is 1. The van der Waals surface area contributed by atoms with E-state index in [1.54, 1.807) is 0 Å². The molecule has 0 saturated heterocycles. The van der Waals surface area contributed by atoms with Crippen molar-refractivity contribution in [3.63, 3.8) is 0 Å². The van der Waals surface area contributed by atoms with Gasteiger partial charge in [-0.25, -0.2) is 0 Å². The van der Waals surface area contributed by atoms with Crippen molar-refractivity contribution in [2.75, 3.05) is 13.2 Å². The SMILES string of the molecule is Clc1ccc(OCCCCNC2CCCCC2)c(-c2ccccc2)c1. The van der Waals surface area contributed by atoms with Crippen molar-refractivity contribution in [3.05, 3.63) is 53.6 Å². The van der Waals surface area contributed by atoms with Crippen LogP contribution in [0.1, 0.15) is 44.9 Å². The van der Waals surface area contributed by atoms with E-state index < -0.39 is 0 Å². The van der Waals surface area contributed by atoms with Crippen molar-refractivity contribution in [1.29, 1.82) is 0 Å². The molecule has 0 aromatic heterocycles. The molecule has 2 nitrogen and oxygen atoms in total. The summed E-state index contributed by atoms with van der Waals surface area (Å²) in [7, 11) is 0. The third-order valence-corrected chi connectivity index (χ3v) is 5.13. The first-order valence-electron chi connectivity index (χ1n) is 9.54. The highest BCUT2D eigenvalue weighted by atomic mass is 35.5. The molecule has 1 aliphatic rings. The molecule has 1 N–H and O–H groups in total. The zero-order valence-corrected chi connectivity index (χ0v) is 15.6. The van der Waals surface area contributed by atoms with Crippen molar-refractivity contribution in [2.24, 2.45) is 0 Å². The molecule has 2 aromatic rings. The number of rotatable bonds is 8.